The Hall–Kier alpha value is -1.92. The summed E-state index contributed by atoms with van der Waals surface area (Å²) >= 11 is 0. The molecule has 21 heavy (non-hydrogen) atoms. The van der Waals surface area contributed by atoms with Crippen LogP contribution in [0.2, 0.25) is 0 Å². The summed E-state index contributed by atoms with van der Waals surface area (Å²) in [4.78, 5) is 23.9. The van der Waals surface area contributed by atoms with E-state index in [0.717, 1.165) is 12.8 Å². The van der Waals surface area contributed by atoms with Gasteiger partial charge >= 0.3 is 0 Å². The SMILES string of the molecule is CNCCNC(=O)c1cccc(NC(=O)C2CCCO2)c1. The van der Waals surface area contributed by atoms with Crippen LogP contribution in [0.4, 0.5) is 5.69 Å². The highest BCUT2D eigenvalue weighted by Gasteiger charge is 2.23. The van der Waals surface area contributed by atoms with E-state index in [-0.39, 0.29) is 17.9 Å². The summed E-state index contributed by atoms with van der Waals surface area (Å²) in [6.07, 6.45) is 1.28. The van der Waals surface area contributed by atoms with E-state index in [1.165, 1.54) is 0 Å². The number of hydrogen-bond donors (Lipinski definition) is 3. The topological polar surface area (TPSA) is 79.5 Å². The summed E-state index contributed by atoms with van der Waals surface area (Å²) in [5.74, 6) is -0.307. The van der Waals surface area contributed by atoms with Crippen molar-refractivity contribution in [1.29, 1.82) is 0 Å². The van der Waals surface area contributed by atoms with Crippen molar-refractivity contribution >= 4 is 17.5 Å². The highest BCUT2D eigenvalue weighted by Crippen LogP contribution is 2.16. The van der Waals surface area contributed by atoms with Crippen LogP contribution in [0.5, 0.6) is 0 Å². The summed E-state index contributed by atoms with van der Waals surface area (Å²) in [6, 6.07) is 6.90. The molecule has 1 aromatic carbocycles. The number of hydrogen-bond acceptors (Lipinski definition) is 4. The van der Waals surface area contributed by atoms with Crippen molar-refractivity contribution in [2.75, 3.05) is 32.1 Å². The van der Waals surface area contributed by atoms with Gasteiger partial charge in [-0.2, -0.15) is 0 Å². The van der Waals surface area contributed by atoms with Crippen LogP contribution in [0.1, 0.15) is 23.2 Å². The van der Waals surface area contributed by atoms with Gasteiger partial charge in [0, 0.05) is 30.9 Å². The normalized spacial score (nSPS) is 17.5. The quantitative estimate of drug-likeness (QED) is 0.676. The number of ether oxygens (including phenoxy) is 1. The van der Waals surface area contributed by atoms with Crippen molar-refractivity contribution in [2.45, 2.75) is 18.9 Å². The predicted octanol–water partition coefficient (Wildman–Crippen LogP) is 0.753. The molecule has 1 atom stereocenters. The molecule has 6 heteroatoms. The lowest BCUT2D eigenvalue weighted by Gasteiger charge is -2.11. The van der Waals surface area contributed by atoms with E-state index in [4.69, 9.17) is 4.74 Å². The fourth-order valence-corrected chi connectivity index (χ4v) is 2.15. The van der Waals surface area contributed by atoms with Crippen molar-refractivity contribution in [2.24, 2.45) is 0 Å². The molecule has 1 saturated heterocycles. The van der Waals surface area contributed by atoms with Crippen molar-refractivity contribution in [3.05, 3.63) is 29.8 Å². The maximum absolute atomic E-state index is 12.0. The van der Waals surface area contributed by atoms with Crippen molar-refractivity contribution in [3.63, 3.8) is 0 Å². The summed E-state index contributed by atoms with van der Waals surface area (Å²) in [5.41, 5.74) is 1.13. The summed E-state index contributed by atoms with van der Waals surface area (Å²) < 4.78 is 5.33. The Labute approximate surface area is 124 Å². The zero-order valence-corrected chi connectivity index (χ0v) is 12.1. The number of carbonyl (C=O) groups is 2. The first-order chi connectivity index (χ1) is 10.2. The maximum Gasteiger partial charge on any atom is 0.253 e. The number of benzene rings is 1. The second-order valence-electron chi connectivity index (χ2n) is 4.93. The van der Waals surface area contributed by atoms with Gasteiger partial charge in [0.1, 0.15) is 6.10 Å². The Morgan fingerprint density at radius 2 is 2.19 bits per heavy atom. The van der Waals surface area contributed by atoms with Crippen LogP contribution in [0.15, 0.2) is 24.3 Å². The molecule has 1 unspecified atom stereocenters. The van der Waals surface area contributed by atoms with E-state index in [2.05, 4.69) is 16.0 Å². The highest BCUT2D eigenvalue weighted by molar-refractivity contribution is 5.98. The molecule has 0 aliphatic carbocycles. The van der Waals surface area contributed by atoms with E-state index in [9.17, 15) is 9.59 Å². The van der Waals surface area contributed by atoms with Gasteiger partial charge in [0.15, 0.2) is 0 Å². The Kier molecular flexibility index (Phi) is 5.71. The van der Waals surface area contributed by atoms with Crippen LogP contribution in [-0.2, 0) is 9.53 Å². The van der Waals surface area contributed by atoms with Crippen molar-refractivity contribution in [1.82, 2.24) is 10.6 Å². The first kappa shape index (κ1) is 15.5. The Morgan fingerprint density at radius 1 is 1.33 bits per heavy atom. The number of nitrogens with one attached hydrogen (secondary N) is 3. The predicted molar refractivity (Wildman–Crippen MR) is 80.3 cm³/mol. The van der Waals surface area contributed by atoms with Crippen LogP contribution in [0.3, 0.4) is 0 Å². The smallest absolute Gasteiger partial charge is 0.253 e. The van der Waals surface area contributed by atoms with Gasteiger partial charge < -0.3 is 20.7 Å². The van der Waals surface area contributed by atoms with Crippen LogP contribution < -0.4 is 16.0 Å². The Bertz CT molecular complexity index is 499. The number of amides is 2. The van der Waals surface area contributed by atoms with Crippen LogP contribution in [0.25, 0.3) is 0 Å². The molecule has 2 amide bonds. The van der Waals surface area contributed by atoms with E-state index in [1.807, 2.05) is 7.05 Å². The average Bonchev–Trinajstić information content (AvgIpc) is 3.02. The van der Waals surface area contributed by atoms with Crippen LogP contribution >= 0.6 is 0 Å². The van der Waals surface area contributed by atoms with Crippen molar-refractivity contribution < 1.29 is 14.3 Å². The molecule has 0 bridgehead atoms. The molecular formula is C15H21N3O3. The van der Waals surface area contributed by atoms with Gasteiger partial charge in [-0.1, -0.05) is 6.07 Å². The lowest BCUT2D eigenvalue weighted by Crippen LogP contribution is -2.30. The number of anilines is 1. The van der Waals surface area contributed by atoms with Crippen LogP contribution in [0, 0.1) is 0 Å². The first-order valence-corrected chi connectivity index (χ1v) is 7.16. The van der Waals surface area contributed by atoms with E-state index in [1.54, 1.807) is 24.3 Å². The standard InChI is InChI=1S/C15H21N3O3/c1-16-7-8-17-14(19)11-4-2-5-12(10-11)18-15(20)13-6-3-9-21-13/h2,4-5,10,13,16H,3,6-9H2,1H3,(H,17,19)(H,18,20). The molecule has 1 fully saturated rings. The number of likely N-dealkylation sites (N-methyl/N-ethyl adjacent to an activating group) is 1. The minimum Gasteiger partial charge on any atom is -0.368 e. The Balaban J connectivity index is 1.93. The zero-order chi connectivity index (χ0) is 15.1. The van der Waals surface area contributed by atoms with Gasteiger partial charge in [-0.15, -0.1) is 0 Å². The molecule has 114 valence electrons. The minimum absolute atomic E-state index is 0.153. The van der Waals surface area contributed by atoms with Gasteiger partial charge in [0.2, 0.25) is 0 Å². The second kappa shape index (κ2) is 7.75. The average molecular weight is 291 g/mol. The molecule has 0 aromatic heterocycles. The lowest BCUT2D eigenvalue weighted by atomic mass is 10.1. The van der Waals surface area contributed by atoms with Gasteiger partial charge in [-0.25, -0.2) is 0 Å². The fourth-order valence-electron chi connectivity index (χ4n) is 2.15. The molecule has 2 rings (SSSR count). The van der Waals surface area contributed by atoms with Gasteiger partial charge in [-0.05, 0) is 38.1 Å². The summed E-state index contributed by atoms with van der Waals surface area (Å²) in [5, 5.41) is 8.54. The molecule has 0 radical (unpaired) electrons. The molecule has 1 heterocycles. The third kappa shape index (κ3) is 4.54. The van der Waals surface area contributed by atoms with Gasteiger partial charge in [0.25, 0.3) is 11.8 Å². The molecule has 6 nitrogen and oxygen atoms in total. The monoisotopic (exact) mass is 291 g/mol. The molecule has 1 aliphatic rings. The van der Waals surface area contributed by atoms with E-state index >= 15 is 0 Å². The third-order valence-electron chi connectivity index (χ3n) is 3.27. The molecule has 3 N–H and O–H groups in total. The lowest BCUT2D eigenvalue weighted by molar-refractivity contribution is -0.124. The second-order valence-corrected chi connectivity index (χ2v) is 4.93. The third-order valence-corrected chi connectivity index (χ3v) is 3.27. The summed E-state index contributed by atoms with van der Waals surface area (Å²) in [7, 11) is 1.83. The molecule has 0 saturated carbocycles. The molecular weight excluding hydrogens is 270 g/mol. The zero-order valence-electron chi connectivity index (χ0n) is 12.1. The number of carbonyl (C=O) groups excluding carboxylic acids is 2. The van der Waals surface area contributed by atoms with Gasteiger partial charge in [0.05, 0.1) is 0 Å². The Morgan fingerprint density at radius 3 is 2.90 bits per heavy atom. The van der Waals surface area contributed by atoms with E-state index in [0.29, 0.717) is 30.9 Å². The molecule has 0 spiro atoms. The largest absolute Gasteiger partial charge is 0.368 e. The molecule has 1 aliphatic heterocycles. The minimum atomic E-state index is -0.377. The fraction of sp³-hybridized carbons (Fsp3) is 0.467. The first-order valence-electron chi connectivity index (χ1n) is 7.16. The van der Waals surface area contributed by atoms with Crippen LogP contribution in [-0.4, -0.2) is 44.7 Å². The molecule has 1 aromatic rings. The van der Waals surface area contributed by atoms with E-state index < -0.39 is 0 Å². The highest BCUT2D eigenvalue weighted by atomic mass is 16.5. The maximum atomic E-state index is 12.0. The van der Waals surface area contributed by atoms with Gasteiger partial charge in [-0.3, -0.25) is 9.59 Å². The summed E-state index contributed by atoms with van der Waals surface area (Å²) in [6.45, 7) is 1.90. The van der Waals surface area contributed by atoms with Crippen molar-refractivity contribution in [3.8, 4) is 0 Å². The number of rotatable bonds is 6.